The van der Waals surface area contributed by atoms with Crippen molar-refractivity contribution in [1.82, 2.24) is 9.62 Å². The molecule has 1 heterocycles. The van der Waals surface area contributed by atoms with Crippen molar-refractivity contribution in [3.63, 3.8) is 0 Å². The van der Waals surface area contributed by atoms with E-state index >= 15 is 0 Å². The molecule has 0 bridgehead atoms. The van der Waals surface area contributed by atoms with Crippen LogP contribution in [-0.4, -0.2) is 31.1 Å². The van der Waals surface area contributed by atoms with Crippen molar-refractivity contribution in [3.05, 3.63) is 0 Å². The summed E-state index contributed by atoms with van der Waals surface area (Å²) in [5.74, 6) is 0. The van der Waals surface area contributed by atoms with Gasteiger partial charge >= 0.3 is 0 Å². The lowest BCUT2D eigenvalue weighted by atomic mass is 10.3. The highest BCUT2D eigenvalue weighted by atomic mass is 32.1. The smallest absolute Gasteiger partial charge is 0.00566 e. The molecule has 2 nitrogen and oxygen atoms in total. The third-order valence-corrected chi connectivity index (χ3v) is 2.44. The molecule has 11 heavy (non-hydrogen) atoms. The van der Waals surface area contributed by atoms with E-state index in [4.69, 9.17) is 0 Å². The second-order valence-electron chi connectivity index (χ2n) is 3.16. The average molecular weight is 174 g/mol. The Labute approximate surface area is 74.9 Å². The van der Waals surface area contributed by atoms with Crippen molar-refractivity contribution < 1.29 is 0 Å². The Kier molecular flexibility index (Phi) is 4.99. The second-order valence-corrected chi connectivity index (χ2v) is 3.48. The number of rotatable bonds is 5. The maximum absolute atomic E-state index is 3.94. The van der Waals surface area contributed by atoms with E-state index in [2.05, 4.69) is 22.4 Å². The van der Waals surface area contributed by atoms with Crippen LogP contribution in [0, 0.1) is 0 Å². The summed E-state index contributed by atoms with van der Waals surface area (Å²) in [6, 6.07) is 0. The fourth-order valence-corrected chi connectivity index (χ4v) is 1.70. The van der Waals surface area contributed by atoms with Crippen LogP contribution in [0.4, 0.5) is 0 Å². The minimum Gasteiger partial charge on any atom is -0.303 e. The van der Waals surface area contributed by atoms with Gasteiger partial charge in [-0.1, -0.05) is 12.8 Å². The van der Waals surface area contributed by atoms with Crippen LogP contribution in [0.3, 0.4) is 0 Å². The predicted octanol–water partition coefficient (Wildman–Crippen LogP) is 1.30. The summed E-state index contributed by atoms with van der Waals surface area (Å²) in [6.45, 7) is 4.98. The third kappa shape index (κ3) is 3.99. The zero-order chi connectivity index (χ0) is 7.94. The Morgan fingerprint density at radius 1 is 1.18 bits per heavy atom. The molecule has 1 saturated heterocycles. The summed E-state index contributed by atoms with van der Waals surface area (Å²) in [5, 5.41) is 0. The molecule has 0 amide bonds. The number of likely N-dealkylation sites (tertiary alicyclic amines) is 1. The first kappa shape index (κ1) is 9.36. The van der Waals surface area contributed by atoms with E-state index in [-0.39, 0.29) is 0 Å². The molecule has 1 fully saturated rings. The number of thiol groups is 1. The first-order valence-electron chi connectivity index (χ1n) is 4.53. The maximum Gasteiger partial charge on any atom is 0.00566 e. The van der Waals surface area contributed by atoms with Crippen molar-refractivity contribution >= 4 is 12.8 Å². The molecule has 1 aliphatic heterocycles. The zero-order valence-corrected chi connectivity index (χ0v) is 7.95. The van der Waals surface area contributed by atoms with Crippen LogP contribution in [0.5, 0.6) is 0 Å². The highest BCUT2D eigenvalue weighted by Gasteiger charge is 2.09. The van der Waals surface area contributed by atoms with E-state index in [9.17, 15) is 0 Å². The quantitative estimate of drug-likeness (QED) is 0.482. The molecule has 0 unspecified atom stereocenters. The first-order valence-corrected chi connectivity index (χ1v) is 4.97. The first-order chi connectivity index (χ1) is 5.43. The molecule has 0 aromatic carbocycles. The fraction of sp³-hybridized carbons (Fsp3) is 1.00. The summed E-state index contributed by atoms with van der Waals surface area (Å²) in [7, 11) is 0. The largest absolute Gasteiger partial charge is 0.303 e. The molecule has 66 valence electrons. The molecular formula is C8H18N2S. The van der Waals surface area contributed by atoms with Gasteiger partial charge in [0.05, 0.1) is 0 Å². The molecule has 3 heteroatoms. The highest BCUT2D eigenvalue weighted by molar-refractivity contribution is 7.78. The number of hydrogen-bond acceptors (Lipinski definition) is 3. The lowest BCUT2D eigenvalue weighted by Crippen LogP contribution is -2.20. The van der Waals surface area contributed by atoms with Crippen LogP contribution in [-0.2, 0) is 0 Å². The second kappa shape index (κ2) is 5.86. The number of hydrogen-bond donors (Lipinski definition) is 2. The Morgan fingerprint density at radius 2 is 1.91 bits per heavy atom. The summed E-state index contributed by atoms with van der Waals surface area (Å²) >= 11 is 3.94. The standard InChI is InChI=1S/C8H18N2S/c11-9-5-1-2-6-10-7-3-4-8-10/h9,11H,1-8H2. The molecule has 0 spiro atoms. The van der Waals surface area contributed by atoms with Crippen molar-refractivity contribution in [1.29, 1.82) is 0 Å². The van der Waals surface area contributed by atoms with E-state index in [1.165, 1.54) is 45.3 Å². The van der Waals surface area contributed by atoms with Crippen molar-refractivity contribution in [3.8, 4) is 0 Å². The summed E-state index contributed by atoms with van der Waals surface area (Å²) in [6.07, 6.45) is 5.38. The van der Waals surface area contributed by atoms with E-state index in [0.29, 0.717) is 0 Å². The Bertz CT molecular complexity index is 92.1. The van der Waals surface area contributed by atoms with Gasteiger partial charge in [-0.3, -0.25) is 4.72 Å². The van der Waals surface area contributed by atoms with Gasteiger partial charge in [0.1, 0.15) is 0 Å². The van der Waals surface area contributed by atoms with Crippen LogP contribution in [0.1, 0.15) is 25.7 Å². The van der Waals surface area contributed by atoms with Crippen LogP contribution < -0.4 is 4.72 Å². The van der Waals surface area contributed by atoms with E-state index in [0.717, 1.165) is 6.54 Å². The molecule has 0 saturated carbocycles. The fourth-order valence-electron chi connectivity index (χ4n) is 1.55. The van der Waals surface area contributed by atoms with Crippen LogP contribution in [0.25, 0.3) is 0 Å². The minimum absolute atomic E-state index is 1.04. The molecule has 1 rings (SSSR count). The Hall–Kier alpha value is 0.270. The lowest BCUT2D eigenvalue weighted by Gasteiger charge is -2.13. The normalized spacial score (nSPS) is 19.4. The van der Waals surface area contributed by atoms with Gasteiger partial charge in [0, 0.05) is 6.54 Å². The van der Waals surface area contributed by atoms with Gasteiger partial charge in [-0.2, -0.15) is 0 Å². The molecule has 0 aromatic heterocycles. The Morgan fingerprint density at radius 3 is 2.55 bits per heavy atom. The van der Waals surface area contributed by atoms with Gasteiger partial charge in [-0.15, -0.1) is 0 Å². The zero-order valence-electron chi connectivity index (χ0n) is 7.05. The number of nitrogens with one attached hydrogen (secondary N) is 1. The number of nitrogens with zero attached hydrogens (tertiary/aromatic N) is 1. The summed E-state index contributed by atoms with van der Waals surface area (Å²) < 4.78 is 2.87. The lowest BCUT2D eigenvalue weighted by molar-refractivity contribution is 0.330. The van der Waals surface area contributed by atoms with Crippen LogP contribution in [0.2, 0.25) is 0 Å². The third-order valence-electron chi connectivity index (χ3n) is 2.21. The minimum atomic E-state index is 1.04. The van der Waals surface area contributed by atoms with Gasteiger partial charge in [0.2, 0.25) is 0 Å². The highest BCUT2D eigenvalue weighted by Crippen LogP contribution is 2.07. The van der Waals surface area contributed by atoms with E-state index in [1.54, 1.807) is 0 Å². The van der Waals surface area contributed by atoms with Crippen molar-refractivity contribution in [2.45, 2.75) is 25.7 Å². The topological polar surface area (TPSA) is 15.3 Å². The van der Waals surface area contributed by atoms with Crippen LogP contribution >= 0.6 is 12.8 Å². The van der Waals surface area contributed by atoms with E-state index < -0.39 is 0 Å². The van der Waals surface area contributed by atoms with Crippen LogP contribution in [0.15, 0.2) is 0 Å². The SMILES string of the molecule is SNCCCCN1CCCC1. The van der Waals surface area contributed by atoms with E-state index in [1.807, 2.05) is 0 Å². The molecule has 0 radical (unpaired) electrons. The Balaban J connectivity index is 1.86. The average Bonchev–Trinajstić information content (AvgIpc) is 2.50. The van der Waals surface area contributed by atoms with Gasteiger partial charge < -0.3 is 4.90 Å². The van der Waals surface area contributed by atoms with Crippen molar-refractivity contribution in [2.24, 2.45) is 0 Å². The summed E-state index contributed by atoms with van der Waals surface area (Å²) in [5.41, 5.74) is 0. The molecule has 1 aliphatic rings. The van der Waals surface area contributed by atoms with Gasteiger partial charge in [0.15, 0.2) is 0 Å². The predicted molar refractivity (Wildman–Crippen MR) is 51.9 cm³/mol. The monoisotopic (exact) mass is 174 g/mol. The molecule has 0 aliphatic carbocycles. The van der Waals surface area contributed by atoms with Crippen molar-refractivity contribution in [2.75, 3.05) is 26.2 Å². The molecule has 0 aromatic rings. The maximum atomic E-state index is 3.94. The van der Waals surface area contributed by atoms with Gasteiger partial charge in [-0.05, 0) is 45.3 Å². The van der Waals surface area contributed by atoms with Gasteiger partial charge in [-0.25, -0.2) is 0 Å². The molecular weight excluding hydrogens is 156 g/mol. The molecule has 0 atom stereocenters. The van der Waals surface area contributed by atoms with Gasteiger partial charge in [0.25, 0.3) is 0 Å². The number of unbranched alkanes of at least 4 members (excludes halogenated alkanes) is 1. The molecule has 1 N–H and O–H groups in total. The summed E-state index contributed by atoms with van der Waals surface area (Å²) in [4.78, 5) is 2.55.